The molecule has 0 aliphatic rings. The fraction of sp³-hybridized carbons (Fsp3) is 0.231. The van der Waals surface area contributed by atoms with Gasteiger partial charge in [0.2, 0.25) is 0 Å². The summed E-state index contributed by atoms with van der Waals surface area (Å²) in [5.74, 6) is 0.663. The van der Waals surface area contributed by atoms with E-state index in [-0.39, 0.29) is 12.6 Å². The lowest BCUT2D eigenvalue weighted by Crippen LogP contribution is -2.15. The Hall–Kier alpha value is -1.59. The van der Waals surface area contributed by atoms with E-state index < -0.39 is 0 Å². The first-order chi connectivity index (χ1) is 8.83. The summed E-state index contributed by atoms with van der Waals surface area (Å²) < 4.78 is 0. The van der Waals surface area contributed by atoms with E-state index >= 15 is 0 Å². The minimum absolute atomic E-state index is 0.00989. The first-order valence-electron chi connectivity index (χ1n) is 5.63. The van der Waals surface area contributed by atoms with E-state index in [9.17, 15) is 5.11 Å². The highest BCUT2D eigenvalue weighted by Gasteiger charge is 2.10. The van der Waals surface area contributed by atoms with Crippen LogP contribution in [0.4, 0.5) is 5.82 Å². The Morgan fingerprint density at radius 2 is 1.94 bits per heavy atom. The molecule has 0 saturated carbocycles. The lowest BCUT2D eigenvalue weighted by Gasteiger charge is -2.16. The van der Waals surface area contributed by atoms with Crippen molar-refractivity contribution in [1.82, 2.24) is 10.2 Å². The van der Waals surface area contributed by atoms with Gasteiger partial charge in [-0.25, -0.2) is 0 Å². The predicted octanol–water partition coefficient (Wildman–Crippen LogP) is 2.34. The molecule has 1 heterocycles. The molecule has 0 bridgehead atoms. The van der Waals surface area contributed by atoms with Crippen LogP contribution in [0.5, 0.6) is 0 Å². The maximum atomic E-state index is 9.43. The number of aromatic nitrogens is 2. The molecule has 1 aromatic heterocycles. The summed E-state index contributed by atoms with van der Waals surface area (Å²) >= 11 is 1.55. The zero-order chi connectivity index (χ0) is 12.8. The van der Waals surface area contributed by atoms with Gasteiger partial charge in [-0.3, -0.25) is 0 Å². The molecule has 0 aliphatic heterocycles. The minimum atomic E-state index is -0.166. The fourth-order valence-electron chi connectivity index (χ4n) is 1.60. The Morgan fingerprint density at radius 3 is 2.50 bits per heavy atom. The highest BCUT2D eigenvalue weighted by atomic mass is 32.2. The Labute approximate surface area is 110 Å². The van der Waals surface area contributed by atoms with Crippen LogP contribution < -0.4 is 5.32 Å². The second-order valence-electron chi connectivity index (χ2n) is 3.75. The van der Waals surface area contributed by atoms with E-state index in [1.807, 2.05) is 48.7 Å². The molecule has 94 valence electrons. The van der Waals surface area contributed by atoms with Gasteiger partial charge in [0.1, 0.15) is 10.8 Å². The predicted molar refractivity (Wildman–Crippen MR) is 73.7 cm³/mol. The molecule has 0 spiro atoms. The van der Waals surface area contributed by atoms with Gasteiger partial charge in [-0.05, 0) is 24.0 Å². The van der Waals surface area contributed by atoms with Crippen molar-refractivity contribution in [3.05, 3.63) is 48.0 Å². The summed E-state index contributed by atoms with van der Waals surface area (Å²) in [5, 5.41) is 21.6. The highest BCUT2D eigenvalue weighted by Crippen LogP contribution is 2.18. The molecular weight excluding hydrogens is 246 g/mol. The van der Waals surface area contributed by atoms with Gasteiger partial charge >= 0.3 is 0 Å². The molecule has 0 amide bonds. The van der Waals surface area contributed by atoms with Gasteiger partial charge in [0.15, 0.2) is 0 Å². The van der Waals surface area contributed by atoms with Gasteiger partial charge in [0, 0.05) is 0 Å². The van der Waals surface area contributed by atoms with E-state index in [1.54, 1.807) is 11.8 Å². The number of aliphatic hydroxyl groups is 1. The number of rotatable bonds is 5. The van der Waals surface area contributed by atoms with Crippen molar-refractivity contribution in [3.63, 3.8) is 0 Å². The van der Waals surface area contributed by atoms with Gasteiger partial charge in [0.25, 0.3) is 0 Å². The van der Waals surface area contributed by atoms with Crippen molar-refractivity contribution in [1.29, 1.82) is 0 Å². The number of hydrogen-bond acceptors (Lipinski definition) is 5. The van der Waals surface area contributed by atoms with Crippen molar-refractivity contribution in [2.45, 2.75) is 11.1 Å². The van der Waals surface area contributed by atoms with Crippen LogP contribution in [0, 0.1) is 0 Å². The van der Waals surface area contributed by atoms with Crippen molar-refractivity contribution in [2.24, 2.45) is 0 Å². The average Bonchev–Trinajstić information content (AvgIpc) is 2.46. The highest BCUT2D eigenvalue weighted by molar-refractivity contribution is 7.98. The fourth-order valence-corrected chi connectivity index (χ4v) is 1.93. The van der Waals surface area contributed by atoms with Crippen LogP contribution in [0.1, 0.15) is 11.6 Å². The summed E-state index contributed by atoms with van der Waals surface area (Å²) in [6, 6.07) is 13.4. The minimum Gasteiger partial charge on any atom is -0.394 e. The topological polar surface area (TPSA) is 58.0 Å². The molecule has 4 nitrogen and oxygen atoms in total. The quantitative estimate of drug-likeness (QED) is 0.809. The van der Waals surface area contributed by atoms with Gasteiger partial charge in [-0.1, -0.05) is 30.3 Å². The van der Waals surface area contributed by atoms with Crippen molar-refractivity contribution in [3.8, 4) is 0 Å². The molecule has 2 aromatic rings. The zero-order valence-electron chi connectivity index (χ0n) is 10.1. The van der Waals surface area contributed by atoms with Gasteiger partial charge < -0.3 is 10.4 Å². The molecule has 0 fully saturated rings. The molecule has 0 aliphatic carbocycles. The Kier molecular flexibility index (Phi) is 4.55. The normalized spacial score (nSPS) is 12.1. The van der Waals surface area contributed by atoms with E-state index in [2.05, 4.69) is 15.5 Å². The molecule has 0 saturated heterocycles. The van der Waals surface area contributed by atoms with E-state index in [1.165, 1.54) is 0 Å². The second-order valence-corrected chi connectivity index (χ2v) is 4.58. The van der Waals surface area contributed by atoms with Crippen LogP contribution in [0.15, 0.2) is 47.5 Å². The average molecular weight is 261 g/mol. The first-order valence-corrected chi connectivity index (χ1v) is 6.86. The van der Waals surface area contributed by atoms with Crippen molar-refractivity contribution < 1.29 is 5.11 Å². The third-order valence-electron chi connectivity index (χ3n) is 2.56. The number of nitrogens with zero attached hydrogens (tertiary/aromatic N) is 2. The maximum absolute atomic E-state index is 9.43. The lowest BCUT2D eigenvalue weighted by atomic mass is 10.1. The third-order valence-corrected chi connectivity index (χ3v) is 3.19. The lowest BCUT2D eigenvalue weighted by molar-refractivity contribution is 0.276. The number of hydrogen-bond donors (Lipinski definition) is 2. The molecule has 2 rings (SSSR count). The van der Waals surface area contributed by atoms with E-state index in [0.29, 0.717) is 5.82 Å². The van der Waals surface area contributed by atoms with Crippen LogP contribution in [0.25, 0.3) is 0 Å². The number of anilines is 1. The molecule has 0 radical (unpaired) electrons. The molecule has 18 heavy (non-hydrogen) atoms. The summed E-state index contributed by atoms with van der Waals surface area (Å²) in [6.07, 6.45) is 1.96. The molecule has 2 N–H and O–H groups in total. The summed E-state index contributed by atoms with van der Waals surface area (Å²) in [7, 11) is 0. The standard InChI is InChI=1S/C13H15N3OS/c1-18-13-8-7-12(15-16-13)14-11(9-17)10-5-3-2-4-6-10/h2-8,11,17H,9H2,1H3,(H,14,15). The van der Waals surface area contributed by atoms with Crippen LogP contribution in [-0.4, -0.2) is 28.2 Å². The zero-order valence-corrected chi connectivity index (χ0v) is 10.9. The molecule has 1 atom stereocenters. The monoisotopic (exact) mass is 261 g/mol. The molecule has 1 unspecified atom stereocenters. The van der Waals surface area contributed by atoms with Crippen LogP contribution >= 0.6 is 11.8 Å². The van der Waals surface area contributed by atoms with Crippen molar-refractivity contribution >= 4 is 17.6 Å². The van der Waals surface area contributed by atoms with E-state index in [0.717, 1.165) is 10.6 Å². The number of nitrogens with one attached hydrogen (secondary N) is 1. The van der Waals surface area contributed by atoms with Crippen LogP contribution in [0.2, 0.25) is 0 Å². The molecular formula is C13H15N3OS. The number of benzene rings is 1. The molecule has 1 aromatic carbocycles. The summed E-state index contributed by atoms with van der Waals surface area (Å²) in [5.41, 5.74) is 1.02. The van der Waals surface area contributed by atoms with E-state index in [4.69, 9.17) is 0 Å². The molecule has 5 heteroatoms. The Balaban J connectivity index is 2.10. The SMILES string of the molecule is CSc1ccc(NC(CO)c2ccccc2)nn1. The summed E-state index contributed by atoms with van der Waals surface area (Å²) in [6.45, 7) is 0.00989. The summed E-state index contributed by atoms with van der Waals surface area (Å²) in [4.78, 5) is 0. The second kappa shape index (κ2) is 6.37. The largest absolute Gasteiger partial charge is 0.394 e. The maximum Gasteiger partial charge on any atom is 0.149 e. The Morgan fingerprint density at radius 1 is 1.17 bits per heavy atom. The van der Waals surface area contributed by atoms with Crippen LogP contribution in [-0.2, 0) is 0 Å². The van der Waals surface area contributed by atoms with Gasteiger partial charge in [0.05, 0.1) is 12.6 Å². The Bertz CT molecular complexity index is 475. The smallest absolute Gasteiger partial charge is 0.149 e. The van der Waals surface area contributed by atoms with Crippen molar-refractivity contribution in [2.75, 3.05) is 18.2 Å². The third kappa shape index (κ3) is 3.21. The van der Waals surface area contributed by atoms with Gasteiger partial charge in [-0.2, -0.15) is 0 Å². The number of aliphatic hydroxyl groups excluding tert-OH is 1. The first kappa shape index (κ1) is 12.9. The number of thioether (sulfide) groups is 1. The van der Waals surface area contributed by atoms with Crippen LogP contribution in [0.3, 0.4) is 0 Å². The van der Waals surface area contributed by atoms with Gasteiger partial charge in [-0.15, -0.1) is 22.0 Å².